The second-order valence-electron chi connectivity index (χ2n) is 1.52. The Morgan fingerprint density at radius 3 is 2.57 bits per heavy atom. The van der Waals surface area contributed by atoms with E-state index >= 15 is 0 Å². The van der Waals surface area contributed by atoms with Crippen LogP contribution in [0.1, 0.15) is 6.92 Å². The zero-order valence-electron chi connectivity index (χ0n) is 4.77. The minimum atomic E-state index is 0.440. The lowest BCUT2D eigenvalue weighted by Gasteiger charge is -2.04. The highest BCUT2D eigenvalue weighted by molar-refractivity contribution is 7.98. The average molecular weight is 120 g/mol. The molecule has 7 heavy (non-hydrogen) atoms. The number of nitrogens with two attached hydrogens (primary N) is 1. The predicted molar refractivity (Wildman–Crippen MR) is 35.2 cm³/mol. The largest absolute Gasteiger partial charge is 0.271 e. The molecular weight excluding hydrogens is 108 g/mol. The van der Waals surface area contributed by atoms with Crippen molar-refractivity contribution in [3.63, 3.8) is 0 Å². The summed E-state index contributed by atoms with van der Waals surface area (Å²) in [5.74, 6) is 6.17. The van der Waals surface area contributed by atoms with Crippen molar-refractivity contribution in [2.45, 2.75) is 13.0 Å². The van der Waals surface area contributed by atoms with Gasteiger partial charge < -0.3 is 0 Å². The molecule has 0 aromatic heterocycles. The fourth-order valence-electron chi connectivity index (χ4n) is 0.298. The van der Waals surface area contributed by atoms with Crippen LogP contribution < -0.4 is 11.3 Å². The van der Waals surface area contributed by atoms with Crippen LogP contribution in [0.4, 0.5) is 0 Å². The molecule has 0 fully saturated rings. The minimum absolute atomic E-state index is 0.440. The van der Waals surface area contributed by atoms with Crippen molar-refractivity contribution in [1.82, 2.24) is 5.43 Å². The zero-order valence-corrected chi connectivity index (χ0v) is 5.59. The summed E-state index contributed by atoms with van der Waals surface area (Å²) in [7, 11) is 0. The molecule has 0 saturated heterocycles. The first-order valence-corrected chi connectivity index (χ1v) is 3.65. The Hall–Kier alpha value is 0.270. The first-order chi connectivity index (χ1) is 3.31. The highest BCUT2D eigenvalue weighted by atomic mass is 32.2. The maximum absolute atomic E-state index is 5.09. The maximum atomic E-state index is 5.09. The van der Waals surface area contributed by atoms with Crippen molar-refractivity contribution in [2.75, 3.05) is 12.0 Å². The highest BCUT2D eigenvalue weighted by Gasteiger charge is 1.92. The van der Waals surface area contributed by atoms with Crippen LogP contribution in [0.5, 0.6) is 0 Å². The Morgan fingerprint density at radius 1 is 1.86 bits per heavy atom. The molecule has 0 aliphatic rings. The van der Waals surface area contributed by atoms with Gasteiger partial charge in [0, 0.05) is 11.8 Å². The molecule has 0 aliphatic carbocycles. The van der Waals surface area contributed by atoms with E-state index in [0.717, 1.165) is 5.75 Å². The summed E-state index contributed by atoms with van der Waals surface area (Å²) in [5, 5.41) is 0. The molecule has 2 nitrogen and oxygen atoms in total. The Bertz CT molecular complexity index is 40.7. The molecule has 0 aliphatic heterocycles. The lowest BCUT2D eigenvalue weighted by atomic mass is 10.4. The van der Waals surface area contributed by atoms with Gasteiger partial charge in [0.05, 0.1) is 0 Å². The maximum Gasteiger partial charge on any atom is 0.0272 e. The topological polar surface area (TPSA) is 38.0 Å². The standard InChI is InChI=1S/C4H12N2S/c1-4(6-5)3-7-2/h4,6H,3,5H2,1-2H3/t4-/m1/s1. The Labute approximate surface area is 48.8 Å². The lowest BCUT2D eigenvalue weighted by Crippen LogP contribution is -2.34. The van der Waals surface area contributed by atoms with Gasteiger partial charge in [0.2, 0.25) is 0 Å². The molecule has 0 radical (unpaired) electrons. The van der Waals surface area contributed by atoms with Gasteiger partial charge in [-0.2, -0.15) is 11.8 Å². The number of rotatable bonds is 3. The quantitative estimate of drug-likeness (QED) is 0.413. The van der Waals surface area contributed by atoms with Gasteiger partial charge in [0.25, 0.3) is 0 Å². The van der Waals surface area contributed by atoms with Gasteiger partial charge in [-0.05, 0) is 13.2 Å². The first kappa shape index (κ1) is 7.27. The second-order valence-corrected chi connectivity index (χ2v) is 2.43. The molecule has 0 saturated carbocycles. The fraction of sp³-hybridized carbons (Fsp3) is 1.00. The van der Waals surface area contributed by atoms with Crippen molar-refractivity contribution in [3.05, 3.63) is 0 Å². The van der Waals surface area contributed by atoms with Gasteiger partial charge in [-0.15, -0.1) is 0 Å². The van der Waals surface area contributed by atoms with Crippen molar-refractivity contribution in [2.24, 2.45) is 5.84 Å². The first-order valence-electron chi connectivity index (χ1n) is 2.26. The van der Waals surface area contributed by atoms with Crippen LogP contribution in [0.15, 0.2) is 0 Å². The molecule has 44 valence electrons. The molecule has 0 bridgehead atoms. The van der Waals surface area contributed by atoms with Crippen LogP contribution in [0.25, 0.3) is 0 Å². The van der Waals surface area contributed by atoms with Crippen molar-refractivity contribution >= 4 is 11.8 Å². The molecule has 0 aromatic rings. The number of hydrogen-bond acceptors (Lipinski definition) is 3. The third kappa shape index (κ3) is 4.12. The number of hydrogen-bond donors (Lipinski definition) is 2. The van der Waals surface area contributed by atoms with Gasteiger partial charge in [-0.25, -0.2) is 0 Å². The van der Waals surface area contributed by atoms with E-state index in [0.29, 0.717) is 6.04 Å². The molecular formula is C4H12N2S. The smallest absolute Gasteiger partial charge is 0.0272 e. The second kappa shape index (κ2) is 4.43. The van der Waals surface area contributed by atoms with Crippen molar-refractivity contribution in [1.29, 1.82) is 0 Å². The number of hydrazine groups is 1. The molecule has 3 heteroatoms. The Balaban J connectivity index is 2.83. The molecule has 0 unspecified atom stereocenters. The van der Waals surface area contributed by atoms with E-state index in [-0.39, 0.29) is 0 Å². The summed E-state index contributed by atoms with van der Waals surface area (Å²) >= 11 is 1.79. The zero-order chi connectivity index (χ0) is 5.70. The molecule has 0 rings (SSSR count). The van der Waals surface area contributed by atoms with E-state index in [4.69, 9.17) is 5.84 Å². The van der Waals surface area contributed by atoms with Crippen LogP contribution in [-0.2, 0) is 0 Å². The van der Waals surface area contributed by atoms with E-state index < -0.39 is 0 Å². The summed E-state index contributed by atoms with van der Waals surface area (Å²) < 4.78 is 0. The average Bonchev–Trinajstić information content (AvgIpc) is 1.68. The van der Waals surface area contributed by atoms with Gasteiger partial charge in [-0.3, -0.25) is 11.3 Å². The molecule has 3 N–H and O–H groups in total. The summed E-state index contributed by atoms with van der Waals surface area (Å²) in [6, 6.07) is 0.440. The Kier molecular flexibility index (Phi) is 4.60. The van der Waals surface area contributed by atoms with E-state index in [1.54, 1.807) is 11.8 Å². The van der Waals surface area contributed by atoms with E-state index in [1.807, 2.05) is 0 Å². The number of thioether (sulfide) groups is 1. The predicted octanol–water partition coefficient (Wildman–Crippen LogP) is 0.201. The monoisotopic (exact) mass is 120 g/mol. The van der Waals surface area contributed by atoms with Crippen LogP contribution >= 0.6 is 11.8 Å². The van der Waals surface area contributed by atoms with Gasteiger partial charge >= 0.3 is 0 Å². The highest BCUT2D eigenvalue weighted by Crippen LogP contribution is 1.93. The molecule has 0 amide bonds. The summed E-state index contributed by atoms with van der Waals surface area (Å²) in [6.07, 6.45) is 2.06. The SMILES string of the molecule is CSC[C@@H](C)NN. The van der Waals surface area contributed by atoms with E-state index in [1.165, 1.54) is 0 Å². The van der Waals surface area contributed by atoms with Gasteiger partial charge in [-0.1, -0.05) is 0 Å². The Morgan fingerprint density at radius 2 is 2.43 bits per heavy atom. The normalized spacial score (nSPS) is 14.1. The lowest BCUT2D eigenvalue weighted by molar-refractivity contribution is 0.626. The summed E-state index contributed by atoms with van der Waals surface area (Å²) in [5.41, 5.74) is 2.64. The van der Waals surface area contributed by atoms with Gasteiger partial charge in [0.1, 0.15) is 0 Å². The van der Waals surface area contributed by atoms with Crippen molar-refractivity contribution in [3.8, 4) is 0 Å². The molecule has 0 heterocycles. The van der Waals surface area contributed by atoms with E-state index in [2.05, 4.69) is 18.6 Å². The van der Waals surface area contributed by atoms with E-state index in [9.17, 15) is 0 Å². The molecule has 0 spiro atoms. The summed E-state index contributed by atoms with van der Waals surface area (Å²) in [4.78, 5) is 0. The minimum Gasteiger partial charge on any atom is -0.271 e. The van der Waals surface area contributed by atoms with Gasteiger partial charge in [0.15, 0.2) is 0 Å². The molecule has 0 aromatic carbocycles. The van der Waals surface area contributed by atoms with Crippen LogP contribution in [0, 0.1) is 0 Å². The van der Waals surface area contributed by atoms with Crippen molar-refractivity contribution < 1.29 is 0 Å². The molecule has 1 atom stereocenters. The fourth-order valence-corrected chi connectivity index (χ4v) is 0.894. The van der Waals surface area contributed by atoms with Crippen LogP contribution in [0.3, 0.4) is 0 Å². The number of nitrogens with one attached hydrogen (secondary N) is 1. The third-order valence-electron chi connectivity index (χ3n) is 0.701. The van der Waals surface area contributed by atoms with Crippen LogP contribution in [0.2, 0.25) is 0 Å². The third-order valence-corrected chi connectivity index (χ3v) is 1.53. The summed E-state index contributed by atoms with van der Waals surface area (Å²) in [6.45, 7) is 2.05. The van der Waals surface area contributed by atoms with Crippen LogP contribution in [-0.4, -0.2) is 18.1 Å².